The molecule has 1 aliphatic rings. The van der Waals surface area contributed by atoms with Crippen molar-refractivity contribution < 1.29 is 14.3 Å². The van der Waals surface area contributed by atoms with Crippen LogP contribution in [0.15, 0.2) is 22.7 Å². The first-order valence-corrected chi connectivity index (χ1v) is 7.02. The molecule has 1 atom stereocenters. The number of methoxy groups -OCH3 is 1. The van der Waals surface area contributed by atoms with Gasteiger partial charge in [0, 0.05) is 23.1 Å². The molecule has 1 aromatic carbocycles. The predicted molar refractivity (Wildman–Crippen MR) is 75.2 cm³/mol. The highest BCUT2D eigenvalue weighted by Crippen LogP contribution is 2.25. The summed E-state index contributed by atoms with van der Waals surface area (Å²) >= 11 is 9.19. The standard InChI is InChI=1S/C13H13BrClNO3/c1-19-13(18)9-4-5-16(7-9)12(17)8-2-3-11(15)10(14)6-8/h2-3,6,9H,4-5,7H2,1H3. The molecule has 2 rings (SSSR count). The first kappa shape index (κ1) is 14.3. The molecule has 4 nitrogen and oxygen atoms in total. The lowest BCUT2D eigenvalue weighted by molar-refractivity contribution is -0.144. The fourth-order valence-corrected chi connectivity index (χ4v) is 2.61. The van der Waals surface area contributed by atoms with Crippen molar-refractivity contribution in [3.63, 3.8) is 0 Å². The Labute approximate surface area is 124 Å². The van der Waals surface area contributed by atoms with Gasteiger partial charge in [-0.3, -0.25) is 9.59 Å². The van der Waals surface area contributed by atoms with Crippen LogP contribution < -0.4 is 0 Å². The molecule has 1 aromatic rings. The number of benzene rings is 1. The van der Waals surface area contributed by atoms with Crippen LogP contribution in [0.5, 0.6) is 0 Å². The lowest BCUT2D eigenvalue weighted by atomic mass is 10.1. The second-order valence-electron chi connectivity index (χ2n) is 4.39. The zero-order valence-electron chi connectivity index (χ0n) is 10.4. The van der Waals surface area contributed by atoms with E-state index in [4.69, 9.17) is 16.3 Å². The molecule has 19 heavy (non-hydrogen) atoms. The molecular weight excluding hydrogens is 334 g/mol. The SMILES string of the molecule is COC(=O)C1CCN(C(=O)c2ccc(Cl)c(Br)c2)C1. The molecule has 102 valence electrons. The first-order valence-electron chi connectivity index (χ1n) is 5.85. The third-order valence-corrected chi connectivity index (χ3v) is 4.39. The van der Waals surface area contributed by atoms with Gasteiger partial charge in [-0.15, -0.1) is 0 Å². The number of carbonyl (C=O) groups is 2. The highest BCUT2D eigenvalue weighted by atomic mass is 79.9. The molecule has 0 saturated carbocycles. The minimum absolute atomic E-state index is 0.0937. The smallest absolute Gasteiger partial charge is 0.310 e. The summed E-state index contributed by atoms with van der Waals surface area (Å²) in [4.78, 5) is 25.4. The van der Waals surface area contributed by atoms with E-state index in [2.05, 4.69) is 15.9 Å². The van der Waals surface area contributed by atoms with E-state index in [0.29, 0.717) is 34.6 Å². The number of amides is 1. The molecule has 1 saturated heterocycles. The van der Waals surface area contributed by atoms with Gasteiger partial charge in [0.2, 0.25) is 0 Å². The highest BCUT2D eigenvalue weighted by molar-refractivity contribution is 9.10. The minimum atomic E-state index is -0.257. The van der Waals surface area contributed by atoms with Gasteiger partial charge in [-0.25, -0.2) is 0 Å². The largest absolute Gasteiger partial charge is 0.469 e. The fourth-order valence-electron chi connectivity index (χ4n) is 2.12. The maximum absolute atomic E-state index is 12.3. The number of rotatable bonds is 2. The summed E-state index contributed by atoms with van der Waals surface area (Å²) in [6.07, 6.45) is 0.646. The Morgan fingerprint density at radius 2 is 2.21 bits per heavy atom. The zero-order valence-corrected chi connectivity index (χ0v) is 12.7. The van der Waals surface area contributed by atoms with Gasteiger partial charge in [0.05, 0.1) is 18.1 Å². The molecule has 1 amide bonds. The van der Waals surface area contributed by atoms with Crippen molar-refractivity contribution in [3.8, 4) is 0 Å². The van der Waals surface area contributed by atoms with Gasteiger partial charge in [-0.1, -0.05) is 11.6 Å². The van der Waals surface area contributed by atoms with Crippen LogP contribution in [-0.2, 0) is 9.53 Å². The maximum Gasteiger partial charge on any atom is 0.310 e. The Hall–Kier alpha value is -1.07. The number of likely N-dealkylation sites (tertiary alicyclic amines) is 1. The summed E-state index contributed by atoms with van der Waals surface area (Å²) < 4.78 is 5.38. The summed E-state index contributed by atoms with van der Waals surface area (Å²) in [6.45, 7) is 0.977. The molecule has 6 heteroatoms. The van der Waals surface area contributed by atoms with Crippen LogP contribution in [0.4, 0.5) is 0 Å². The van der Waals surface area contributed by atoms with Gasteiger partial charge < -0.3 is 9.64 Å². The van der Waals surface area contributed by atoms with Crippen molar-refractivity contribution in [2.45, 2.75) is 6.42 Å². The van der Waals surface area contributed by atoms with E-state index in [0.717, 1.165) is 0 Å². The summed E-state index contributed by atoms with van der Waals surface area (Å²) in [5, 5.41) is 0.561. The number of halogens is 2. The van der Waals surface area contributed by atoms with Crippen LogP contribution in [0.3, 0.4) is 0 Å². The van der Waals surface area contributed by atoms with Gasteiger partial charge in [0.1, 0.15) is 0 Å². The zero-order chi connectivity index (χ0) is 14.0. The summed E-state index contributed by atoms with van der Waals surface area (Å²) in [5.74, 6) is -0.568. The highest BCUT2D eigenvalue weighted by Gasteiger charge is 2.32. The molecule has 0 spiro atoms. The van der Waals surface area contributed by atoms with Crippen molar-refractivity contribution in [3.05, 3.63) is 33.3 Å². The van der Waals surface area contributed by atoms with Crippen molar-refractivity contribution in [1.29, 1.82) is 0 Å². The molecule has 1 aliphatic heterocycles. The molecule has 1 heterocycles. The van der Waals surface area contributed by atoms with Crippen LogP contribution in [0.25, 0.3) is 0 Å². The Morgan fingerprint density at radius 1 is 1.47 bits per heavy atom. The van der Waals surface area contributed by atoms with E-state index in [1.807, 2.05) is 0 Å². The lowest BCUT2D eigenvalue weighted by Crippen LogP contribution is -2.30. The van der Waals surface area contributed by atoms with E-state index in [9.17, 15) is 9.59 Å². The number of carbonyl (C=O) groups excluding carboxylic acids is 2. The molecule has 0 aliphatic carbocycles. The van der Waals surface area contributed by atoms with Gasteiger partial charge in [0.25, 0.3) is 5.91 Å². The number of hydrogen-bond donors (Lipinski definition) is 0. The predicted octanol–water partition coefficient (Wildman–Crippen LogP) is 2.74. The molecule has 0 radical (unpaired) electrons. The first-order chi connectivity index (χ1) is 9.02. The van der Waals surface area contributed by atoms with Crippen molar-refractivity contribution >= 4 is 39.4 Å². The minimum Gasteiger partial charge on any atom is -0.469 e. The van der Waals surface area contributed by atoms with E-state index >= 15 is 0 Å². The average molecular weight is 347 g/mol. The number of hydrogen-bond acceptors (Lipinski definition) is 3. The van der Waals surface area contributed by atoms with E-state index < -0.39 is 0 Å². The van der Waals surface area contributed by atoms with Crippen LogP contribution in [-0.4, -0.2) is 37.0 Å². The molecule has 1 unspecified atom stereocenters. The van der Waals surface area contributed by atoms with Crippen LogP contribution in [0, 0.1) is 5.92 Å². The van der Waals surface area contributed by atoms with Gasteiger partial charge in [0.15, 0.2) is 0 Å². The van der Waals surface area contributed by atoms with E-state index in [1.165, 1.54) is 7.11 Å². The second-order valence-corrected chi connectivity index (χ2v) is 5.65. The summed E-state index contributed by atoms with van der Waals surface area (Å²) in [6, 6.07) is 5.05. The summed E-state index contributed by atoms with van der Waals surface area (Å²) in [5.41, 5.74) is 0.557. The number of ether oxygens (including phenoxy) is 1. The van der Waals surface area contributed by atoms with Crippen LogP contribution >= 0.6 is 27.5 Å². The van der Waals surface area contributed by atoms with Crippen LogP contribution in [0.2, 0.25) is 5.02 Å². The molecule has 0 N–H and O–H groups in total. The molecule has 0 aromatic heterocycles. The Morgan fingerprint density at radius 3 is 2.84 bits per heavy atom. The van der Waals surface area contributed by atoms with Crippen LogP contribution in [0.1, 0.15) is 16.8 Å². The Bertz CT molecular complexity index is 521. The quantitative estimate of drug-likeness (QED) is 0.774. The third kappa shape index (κ3) is 3.09. The van der Waals surface area contributed by atoms with Gasteiger partial charge in [-0.2, -0.15) is 0 Å². The monoisotopic (exact) mass is 345 g/mol. The van der Waals surface area contributed by atoms with Crippen molar-refractivity contribution in [1.82, 2.24) is 4.90 Å². The Balaban J connectivity index is 2.09. The number of esters is 1. The molecule has 0 bridgehead atoms. The van der Waals surface area contributed by atoms with Gasteiger partial charge >= 0.3 is 5.97 Å². The number of nitrogens with zero attached hydrogens (tertiary/aromatic N) is 1. The molecular formula is C13H13BrClNO3. The average Bonchev–Trinajstić information content (AvgIpc) is 2.89. The molecule has 1 fully saturated rings. The maximum atomic E-state index is 12.3. The fraction of sp³-hybridized carbons (Fsp3) is 0.385. The van der Waals surface area contributed by atoms with Crippen molar-refractivity contribution in [2.75, 3.05) is 20.2 Å². The van der Waals surface area contributed by atoms with E-state index in [-0.39, 0.29) is 17.8 Å². The topological polar surface area (TPSA) is 46.6 Å². The van der Waals surface area contributed by atoms with Gasteiger partial charge in [-0.05, 0) is 40.5 Å². The summed E-state index contributed by atoms with van der Waals surface area (Å²) in [7, 11) is 1.36. The van der Waals surface area contributed by atoms with E-state index in [1.54, 1.807) is 23.1 Å². The Kier molecular flexibility index (Phi) is 4.47. The lowest BCUT2D eigenvalue weighted by Gasteiger charge is -2.16. The second kappa shape index (κ2) is 5.92. The third-order valence-electron chi connectivity index (χ3n) is 3.18. The van der Waals surface area contributed by atoms with Crippen molar-refractivity contribution in [2.24, 2.45) is 5.92 Å². The normalized spacial score (nSPS) is 18.5.